The molecule has 0 spiro atoms. The third-order valence-electron chi connectivity index (χ3n) is 5.62. The lowest BCUT2D eigenvalue weighted by molar-refractivity contribution is 0.0540. The second-order valence-electron chi connectivity index (χ2n) is 7.15. The number of aryl methyl sites for hydroxylation is 1. The monoisotopic (exact) mass is 286 g/mol. The fourth-order valence-electron chi connectivity index (χ4n) is 4.43. The van der Waals surface area contributed by atoms with Crippen LogP contribution in [0.1, 0.15) is 56.7 Å². The van der Waals surface area contributed by atoms with E-state index in [-0.39, 0.29) is 0 Å². The van der Waals surface area contributed by atoms with Crippen LogP contribution in [0.25, 0.3) is 0 Å². The van der Waals surface area contributed by atoms with Gasteiger partial charge in [0.2, 0.25) is 0 Å². The number of nitrogens with one attached hydrogen (secondary N) is 1. The van der Waals surface area contributed by atoms with Crippen LogP contribution in [0.4, 0.5) is 0 Å². The summed E-state index contributed by atoms with van der Waals surface area (Å²) in [4.78, 5) is 2.80. The molecule has 0 amide bonds. The van der Waals surface area contributed by atoms with Crippen LogP contribution >= 0.6 is 0 Å². The number of benzene rings is 1. The second-order valence-corrected chi connectivity index (χ2v) is 7.15. The van der Waals surface area contributed by atoms with E-state index in [1.807, 2.05) is 0 Å². The van der Waals surface area contributed by atoms with Crippen molar-refractivity contribution in [1.29, 1.82) is 0 Å². The maximum Gasteiger partial charge on any atom is 0.0478 e. The highest BCUT2D eigenvalue weighted by molar-refractivity contribution is 5.32. The molecular weight excluding hydrogens is 256 g/mol. The summed E-state index contributed by atoms with van der Waals surface area (Å²) >= 11 is 0. The smallest absolute Gasteiger partial charge is 0.0478 e. The van der Waals surface area contributed by atoms with Gasteiger partial charge in [0.25, 0.3) is 0 Å². The molecule has 21 heavy (non-hydrogen) atoms. The molecule has 1 heterocycles. The van der Waals surface area contributed by atoms with Crippen molar-refractivity contribution in [3.8, 4) is 0 Å². The van der Waals surface area contributed by atoms with Gasteiger partial charge in [-0.25, -0.2) is 0 Å². The third kappa shape index (κ3) is 3.02. The minimum Gasteiger partial charge on any atom is -0.312 e. The van der Waals surface area contributed by atoms with E-state index >= 15 is 0 Å². The molecule has 4 atom stereocenters. The van der Waals surface area contributed by atoms with Crippen LogP contribution in [-0.2, 0) is 6.42 Å². The standard InChI is InChI=1S/C19H30N2/c1-14-11-12-15(2)21(13-14)18-10-6-8-16-7-4-5-9-17(16)19(18)20-3/h4-5,7,9,14-15,18-20H,6,8,10-13H2,1-3H3. The first-order chi connectivity index (χ1) is 10.2. The fourth-order valence-corrected chi connectivity index (χ4v) is 4.43. The lowest BCUT2D eigenvalue weighted by atomic mass is 9.89. The Balaban J connectivity index is 1.90. The molecule has 0 radical (unpaired) electrons. The highest BCUT2D eigenvalue weighted by Gasteiger charge is 2.35. The zero-order valence-electron chi connectivity index (χ0n) is 13.8. The summed E-state index contributed by atoms with van der Waals surface area (Å²) < 4.78 is 0. The van der Waals surface area contributed by atoms with E-state index < -0.39 is 0 Å². The Kier molecular flexibility index (Phi) is 4.66. The Labute approximate surface area is 129 Å². The quantitative estimate of drug-likeness (QED) is 0.833. The van der Waals surface area contributed by atoms with Crippen molar-refractivity contribution in [2.45, 2.75) is 64.1 Å². The predicted octanol–water partition coefficient (Wildman–Crippen LogP) is 3.77. The van der Waals surface area contributed by atoms with Crippen LogP contribution in [-0.4, -0.2) is 30.6 Å². The molecule has 0 saturated carbocycles. The average molecular weight is 286 g/mol. The predicted molar refractivity (Wildman–Crippen MR) is 89.5 cm³/mol. The Morgan fingerprint density at radius 3 is 2.71 bits per heavy atom. The van der Waals surface area contributed by atoms with E-state index in [1.165, 1.54) is 44.2 Å². The van der Waals surface area contributed by atoms with E-state index in [1.54, 1.807) is 5.56 Å². The first-order valence-corrected chi connectivity index (χ1v) is 8.71. The number of rotatable bonds is 2. The van der Waals surface area contributed by atoms with Gasteiger partial charge >= 0.3 is 0 Å². The summed E-state index contributed by atoms with van der Waals surface area (Å²) in [5, 5.41) is 3.64. The largest absolute Gasteiger partial charge is 0.312 e. The third-order valence-corrected chi connectivity index (χ3v) is 5.62. The Morgan fingerprint density at radius 2 is 1.90 bits per heavy atom. The van der Waals surface area contributed by atoms with Gasteiger partial charge in [-0.15, -0.1) is 0 Å². The zero-order chi connectivity index (χ0) is 14.8. The molecule has 1 aliphatic carbocycles. The van der Waals surface area contributed by atoms with Gasteiger partial charge in [0, 0.05) is 24.7 Å². The molecule has 0 bridgehead atoms. The van der Waals surface area contributed by atoms with Gasteiger partial charge in [0.1, 0.15) is 0 Å². The average Bonchev–Trinajstić information content (AvgIpc) is 2.68. The van der Waals surface area contributed by atoms with Crippen molar-refractivity contribution in [3.63, 3.8) is 0 Å². The molecule has 1 fully saturated rings. The van der Waals surface area contributed by atoms with Gasteiger partial charge in [0.05, 0.1) is 0 Å². The van der Waals surface area contributed by atoms with Crippen LogP contribution in [0.5, 0.6) is 0 Å². The van der Waals surface area contributed by atoms with Gasteiger partial charge in [-0.3, -0.25) is 4.90 Å². The first kappa shape index (κ1) is 15.1. The number of hydrogen-bond acceptors (Lipinski definition) is 2. The Morgan fingerprint density at radius 1 is 1.10 bits per heavy atom. The van der Waals surface area contributed by atoms with Crippen molar-refractivity contribution >= 4 is 0 Å². The highest BCUT2D eigenvalue weighted by atomic mass is 15.2. The van der Waals surface area contributed by atoms with Crippen LogP contribution in [0.3, 0.4) is 0 Å². The van der Waals surface area contributed by atoms with E-state index in [4.69, 9.17) is 0 Å². The van der Waals surface area contributed by atoms with Gasteiger partial charge in [-0.2, -0.15) is 0 Å². The van der Waals surface area contributed by atoms with E-state index in [9.17, 15) is 0 Å². The number of piperidine rings is 1. The van der Waals surface area contributed by atoms with Gasteiger partial charge < -0.3 is 5.32 Å². The molecule has 2 heteroatoms. The molecule has 1 aliphatic heterocycles. The molecular formula is C19H30N2. The van der Waals surface area contributed by atoms with E-state index in [0.29, 0.717) is 12.1 Å². The van der Waals surface area contributed by atoms with Crippen molar-refractivity contribution < 1.29 is 0 Å². The number of nitrogens with zero attached hydrogens (tertiary/aromatic N) is 1. The molecule has 2 nitrogen and oxygen atoms in total. The molecule has 1 N–H and O–H groups in total. The lowest BCUT2D eigenvalue weighted by Crippen LogP contribution is -2.51. The normalized spacial score (nSPS) is 34.2. The fraction of sp³-hybridized carbons (Fsp3) is 0.684. The molecule has 1 saturated heterocycles. The second kappa shape index (κ2) is 6.50. The minimum atomic E-state index is 0.483. The Bertz CT molecular complexity index is 470. The maximum atomic E-state index is 3.64. The minimum absolute atomic E-state index is 0.483. The summed E-state index contributed by atoms with van der Waals surface area (Å²) in [5.41, 5.74) is 3.09. The topological polar surface area (TPSA) is 15.3 Å². The van der Waals surface area contributed by atoms with Crippen LogP contribution < -0.4 is 5.32 Å². The molecule has 4 unspecified atom stereocenters. The molecule has 0 aromatic heterocycles. The van der Waals surface area contributed by atoms with Gasteiger partial charge in [-0.05, 0) is 63.1 Å². The van der Waals surface area contributed by atoms with Crippen molar-refractivity contribution in [2.75, 3.05) is 13.6 Å². The van der Waals surface area contributed by atoms with Crippen molar-refractivity contribution in [2.24, 2.45) is 5.92 Å². The Hall–Kier alpha value is -0.860. The summed E-state index contributed by atoms with van der Waals surface area (Å²) in [6, 6.07) is 10.9. The summed E-state index contributed by atoms with van der Waals surface area (Å²) in [6.45, 7) is 6.11. The van der Waals surface area contributed by atoms with E-state index in [2.05, 4.69) is 55.4 Å². The molecule has 1 aromatic rings. The number of likely N-dealkylation sites (tertiary alicyclic amines) is 1. The molecule has 1 aromatic carbocycles. The zero-order valence-corrected chi connectivity index (χ0v) is 13.8. The van der Waals surface area contributed by atoms with Crippen LogP contribution in [0, 0.1) is 5.92 Å². The summed E-state index contributed by atoms with van der Waals surface area (Å²) in [5.74, 6) is 0.845. The lowest BCUT2D eigenvalue weighted by Gasteiger charge is -2.45. The van der Waals surface area contributed by atoms with Gasteiger partial charge in [0.15, 0.2) is 0 Å². The maximum absolute atomic E-state index is 3.64. The highest BCUT2D eigenvalue weighted by Crippen LogP contribution is 2.35. The number of hydrogen-bond donors (Lipinski definition) is 1. The summed E-state index contributed by atoms with van der Waals surface area (Å²) in [6.07, 6.45) is 6.62. The molecule has 116 valence electrons. The van der Waals surface area contributed by atoms with Crippen LogP contribution in [0.2, 0.25) is 0 Å². The summed E-state index contributed by atoms with van der Waals surface area (Å²) in [7, 11) is 2.14. The molecule has 2 aliphatic rings. The number of likely N-dealkylation sites (N-methyl/N-ethyl adjacent to an activating group) is 1. The number of fused-ring (bicyclic) bond motifs is 1. The SMILES string of the molecule is CNC1c2ccccc2CCCC1N1CC(C)CCC1C. The molecule has 3 rings (SSSR count). The van der Waals surface area contributed by atoms with Gasteiger partial charge in [-0.1, -0.05) is 31.2 Å². The van der Waals surface area contributed by atoms with Crippen molar-refractivity contribution in [3.05, 3.63) is 35.4 Å². The van der Waals surface area contributed by atoms with Crippen molar-refractivity contribution in [1.82, 2.24) is 10.2 Å². The van der Waals surface area contributed by atoms with Crippen LogP contribution in [0.15, 0.2) is 24.3 Å². The first-order valence-electron chi connectivity index (χ1n) is 8.71. The van der Waals surface area contributed by atoms with E-state index in [0.717, 1.165) is 12.0 Å².